The minimum Gasteiger partial charge on any atom is -0.382 e. The van der Waals surface area contributed by atoms with E-state index in [0.717, 1.165) is 0 Å². The Labute approximate surface area is 80.9 Å². The van der Waals surface area contributed by atoms with Gasteiger partial charge in [0, 0.05) is 25.6 Å². The lowest BCUT2D eigenvalue weighted by Crippen LogP contribution is -2.13. The first-order chi connectivity index (χ1) is 6.55. The summed E-state index contributed by atoms with van der Waals surface area (Å²) in [7, 11) is 0. The number of nitrogens with zero attached hydrogens (tertiary/aromatic N) is 2. The molecule has 1 saturated carbocycles. The van der Waals surface area contributed by atoms with Crippen LogP contribution < -0.4 is 5.73 Å². The Morgan fingerprint density at radius 2 is 2.43 bits per heavy atom. The summed E-state index contributed by atoms with van der Waals surface area (Å²) in [4.78, 5) is 0. The van der Waals surface area contributed by atoms with Gasteiger partial charge in [-0.1, -0.05) is 0 Å². The van der Waals surface area contributed by atoms with Crippen LogP contribution in [-0.4, -0.2) is 15.7 Å². The first-order valence-electron chi connectivity index (χ1n) is 4.72. The normalized spacial score (nSPS) is 25.4. The summed E-state index contributed by atoms with van der Waals surface area (Å²) in [5, 5.41) is 3.97. The van der Waals surface area contributed by atoms with Crippen LogP contribution >= 0.6 is 0 Å². The lowest BCUT2D eigenvalue weighted by atomic mass is 10.1. The van der Waals surface area contributed by atoms with Crippen LogP contribution in [0.15, 0.2) is 12.3 Å². The monoisotopic (exact) mass is 201 g/mol. The zero-order chi connectivity index (χ0) is 10.2. The standard InChI is InChI=1S/C9H13F2N3/c10-9(11)3-1-7(5-9)6-14-4-2-8(12)13-14/h2,4,7H,1,3,5-6H2,(H2,12,13). The van der Waals surface area contributed by atoms with Crippen molar-refractivity contribution in [2.24, 2.45) is 5.92 Å². The third-order valence-corrected chi connectivity index (χ3v) is 2.61. The number of hydrogen-bond donors (Lipinski definition) is 1. The Hall–Kier alpha value is -1.13. The van der Waals surface area contributed by atoms with Crippen molar-refractivity contribution in [3.63, 3.8) is 0 Å². The van der Waals surface area contributed by atoms with E-state index >= 15 is 0 Å². The van der Waals surface area contributed by atoms with E-state index in [2.05, 4.69) is 5.10 Å². The number of anilines is 1. The molecule has 0 spiro atoms. The van der Waals surface area contributed by atoms with Crippen molar-refractivity contribution in [2.45, 2.75) is 31.7 Å². The summed E-state index contributed by atoms with van der Waals surface area (Å²) >= 11 is 0. The molecule has 1 aromatic heterocycles. The molecule has 0 saturated heterocycles. The van der Waals surface area contributed by atoms with E-state index in [1.165, 1.54) is 0 Å². The first-order valence-corrected chi connectivity index (χ1v) is 4.72. The van der Waals surface area contributed by atoms with Gasteiger partial charge in [0.15, 0.2) is 0 Å². The van der Waals surface area contributed by atoms with Crippen LogP contribution in [0.5, 0.6) is 0 Å². The predicted octanol–water partition coefficient (Wildman–Crippen LogP) is 1.90. The Bertz CT molecular complexity index is 322. The summed E-state index contributed by atoms with van der Waals surface area (Å²) in [6.45, 7) is 0.548. The third-order valence-electron chi connectivity index (χ3n) is 2.61. The number of nitrogens with two attached hydrogens (primary N) is 1. The molecule has 1 atom stereocenters. The van der Waals surface area contributed by atoms with E-state index in [9.17, 15) is 8.78 Å². The molecule has 1 fully saturated rings. The maximum absolute atomic E-state index is 12.8. The van der Waals surface area contributed by atoms with Crippen molar-refractivity contribution in [3.8, 4) is 0 Å². The van der Waals surface area contributed by atoms with E-state index in [1.54, 1.807) is 16.9 Å². The molecule has 0 amide bonds. The third kappa shape index (κ3) is 2.02. The van der Waals surface area contributed by atoms with Crippen molar-refractivity contribution in [1.29, 1.82) is 0 Å². The van der Waals surface area contributed by atoms with E-state index in [-0.39, 0.29) is 18.8 Å². The van der Waals surface area contributed by atoms with Crippen molar-refractivity contribution in [3.05, 3.63) is 12.3 Å². The second kappa shape index (κ2) is 3.22. The average Bonchev–Trinajstić information content (AvgIpc) is 2.59. The maximum atomic E-state index is 12.8. The Morgan fingerprint density at radius 1 is 1.64 bits per heavy atom. The SMILES string of the molecule is Nc1ccn(CC2CCC(F)(F)C2)n1. The molecule has 0 bridgehead atoms. The molecule has 2 rings (SSSR count). The van der Waals surface area contributed by atoms with Gasteiger partial charge in [0.05, 0.1) is 0 Å². The summed E-state index contributed by atoms with van der Waals surface area (Å²) < 4.78 is 27.3. The highest BCUT2D eigenvalue weighted by molar-refractivity contribution is 5.23. The molecule has 0 aliphatic heterocycles. The van der Waals surface area contributed by atoms with E-state index < -0.39 is 5.92 Å². The number of hydrogen-bond acceptors (Lipinski definition) is 2. The molecule has 0 radical (unpaired) electrons. The zero-order valence-corrected chi connectivity index (χ0v) is 7.79. The summed E-state index contributed by atoms with van der Waals surface area (Å²) in [6.07, 6.45) is 2.29. The van der Waals surface area contributed by atoms with Crippen LogP contribution in [0, 0.1) is 5.92 Å². The molecule has 78 valence electrons. The number of rotatable bonds is 2. The van der Waals surface area contributed by atoms with Gasteiger partial charge in [0.25, 0.3) is 0 Å². The minimum absolute atomic E-state index is 0.00835. The summed E-state index contributed by atoms with van der Waals surface area (Å²) in [6, 6.07) is 1.67. The molecule has 2 N–H and O–H groups in total. The van der Waals surface area contributed by atoms with Crippen LogP contribution in [0.1, 0.15) is 19.3 Å². The molecule has 1 aliphatic rings. The molecule has 1 heterocycles. The molecular weight excluding hydrogens is 188 g/mol. The Balaban J connectivity index is 1.94. The van der Waals surface area contributed by atoms with Crippen molar-refractivity contribution >= 4 is 5.82 Å². The predicted molar refractivity (Wildman–Crippen MR) is 48.9 cm³/mol. The highest BCUT2D eigenvalue weighted by Crippen LogP contribution is 2.39. The van der Waals surface area contributed by atoms with Crippen molar-refractivity contribution < 1.29 is 8.78 Å². The Kier molecular flexibility index (Phi) is 2.17. The van der Waals surface area contributed by atoms with Gasteiger partial charge in [0.2, 0.25) is 5.92 Å². The molecular formula is C9H13F2N3. The Morgan fingerprint density at radius 3 is 2.93 bits per heavy atom. The van der Waals surface area contributed by atoms with E-state index in [4.69, 9.17) is 5.73 Å². The fourth-order valence-corrected chi connectivity index (χ4v) is 1.94. The fourth-order valence-electron chi connectivity index (χ4n) is 1.94. The van der Waals surface area contributed by atoms with Gasteiger partial charge >= 0.3 is 0 Å². The molecule has 1 aliphatic carbocycles. The molecule has 0 aromatic carbocycles. The minimum atomic E-state index is -2.47. The lowest BCUT2D eigenvalue weighted by molar-refractivity contribution is 0.00423. The van der Waals surface area contributed by atoms with Gasteiger partial charge in [-0.15, -0.1) is 0 Å². The second-order valence-corrected chi connectivity index (χ2v) is 3.93. The smallest absolute Gasteiger partial charge is 0.248 e. The summed E-state index contributed by atoms with van der Waals surface area (Å²) in [5.41, 5.74) is 5.43. The molecule has 5 heteroatoms. The van der Waals surface area contributed by atoms with E-state index in [1.807, 2.05) is 0 Å². The lowest BCUT2D eigenvalue weighted by Gasteiger charge is -2.10. The second-order valence-electron chi connectivity index (χ2n) is 3.93. The van der Waals surface area contributed by atoms with Crippen molar-refractivity contribution in [2.75, 3.05) is 5.73 Å². The average molecular weight is 201 g/mol. The number of alkyl halides is 2. The summed E-state index contributed by atoms with van der Waals surface area (Å²) in [5.74, 6) is -2.00. The number of aromatic nitrogens is 2. The molecule has 1 aromatic rings. The van der Waals surface area contributed by atoms with Gasteiger partial charge < -0.3 is 5.73 Å². The molecule has 1 unspecified atom stereocenters. The van der Waals surface area contributed by atoms with Crippen LogP contribution in [0.25, 0.3) is 0 Å². The fraction of sp³-hybridized carbons (Fsp3) is 0.667. The van der Waals surface area contributed by atoms with Gasteiger partial charge in [-0.3, -0.25) is 4.68 Å². The van der Waals surface area contributed by atoms with Gasteiger partial charge in [0.1, 0.15) is 5.82 Å². The van der Waals surface area contributed by atoms with E-state index in [0.29, 0.717) is 18.8 Å². The zero-order valence-electron chi connectivity index (χ0n) is 7.79. The van der Waals surface area contributed by atoms with Crippen LogP contribution in [0.2, 0.25) is 0 Å². The van der Waals surface area contributed by atoms with Gasteiger partial charge in [-0.2, -0.15) is 5.10 Å². The quantitative estimate of drug-likeness (QED) is 0.794. The molecule has 3 nitrogen and oxygen atoms in total. The van der Waals surface area contributed by atoms with Crippen LogP contribution in [0.4, 0.5) is 14.6 Å². The molecule has 14 heavy (non-hydrogen) atoms. The number of nitrogen functional groups attached to an aromatic ring is 1. The number of halogens is 2. The largest absolute Gasteiger partial charge is 0.382 e. The highest BCUT2D eigenvalue weighted by atomic mass is 19.3. The van der Waals surface area contributed by atoms with Crippen LogP contribution in [0.3, 0.4) is 0 Å². The first kappa shape index (κ1) is 9.43. The van der Waals surface area contributed by atoms with Gasteiger partial charge in [-0.25, -0.2) is 8.78 Å². The maximum Gasteiger partial charge on any atom is 0.248 e. The topological polar surface area (TPSA) is 43.8 Å². The van der Waals surface area contributed by atoms with Gasteiger partial charge in [-0.05, 0) is 18.4 Å². The van der Waals surface area contributed by atoms with Crippen molar-refractivity contribution in [1.82, 2.24) is 9.78 Å². The highest BCUT2D eigenvalue weighted by Gasteiger charge is 2.39. The van der Waals surface area contributed by atoms with Crippen LogP contribution in [-0.2, 0) is 6.54 Å².